The molecule has 1 aromatic heterocycles. The quantitative estimate of drug-likeness (QED) is 0.0886. The van der Waals surface area contributed by atoms with Gasteiger partial charge < -0.3 is 30.3 Å². The zero-order valence-corrected chi connectivity index (χ0v) is 30.6. The molecule has 50 heavy (non-hydrogen) atoms. The number of hydrogen-bond acceptors (Lipinski definition) is 8. The van der Waals surface area contributed by atoms with E-state index in [9.17, 15) is 22.7 Å². The number of fused-ring (bicyclic) bond motifs is 1. The Morgan fingerprint density at radius 3 is 2.24 bits per heavy atom. The highest BCUT2D eigenvalue weighted by Gasteiger charge is 2.23. The van der Waals surface area contributed by atoms with E-state index in [1.54, 1.807) is 54.7 Å². The van der Waals surface area contributed by atoms with E-state index in [0.717, 1.165) is 17.2 Å². The predicted octanol–water partition coefficient (Wildman–Crippen LogP) is 8.27. The fourth-order valence-electron chi connectivity index (χ4n) is 5.13. The summed E-state index contributed by atoms with van der Waals surface area (Å²) in [4.78, 5) is 27.6. The predicted molar refractivity (Wildman–Crippen MR) is 201 cm³/mol. The number of rotatable bonds is 10. The number of carbonyl (C=O) groups excluding carboxylic acids is 1. The smallest absolute Gasteiger partial charge is 0.323 e. The third-order valence-corrected chi connectivity index (χ3v) is 9.78. The van der Waals surface area contributed by atoms with Crippen molar-refractivity contribution in [1.82, 2.24) is 4.98 Å². The highest BCUT2D eigenvalue weighted by Crippen LogP contribution is 2.41. The molecule has 0 bridgehead atoms. The average Bonchev–Trinajstić information content (AvgIpc) is 3.00. The summed E-state index contributed by atoms with van der Waals surface area (Å²) in [7, 11) is -5.76. The first-order valence-corrected chi connectivity index (χ1v) is 19.6. The van der Waals surface area contributed by atoms with Crippen molar-refractivity contribution in [2.45, 2.75) is 26.2 Å². The Balaban J connectivity index is 1.38. The SMILES string of the molecule is COc1c(NC(=O)Nc2ccc(Oc3ccnc(Nc4ccc(P(C)(=O)O)c(Cl)c4)c3)c3ccccc23)cc(C(C)(C)C)cc1NS(C)(=O)=O. The highest BCUT2D eigenvalue weighted by molar-refractivity contribution is 7.92. The lowest BCUT2D eigenvalue weighted by molar-refractivity contribution is 0.262. The van der Waals surface area contributed by atoms with Gasteiger partial charge in [0.1, 0.15) is 17.3 Å². The number of hydrogen-bond donors (Lipinski definition) is 5. The van der Waals surface area contributed by atoms with Crippen LogP contribution >= 0.6 is 19.0 Å². The Bertz CT molecular complexity index is 2260. The first-order chi connectivity index (χ1) is 23.4. The number of nitrogens with zero attached hydrogens (tertiary/aromatic N) is 1. The van der Waals surface area contributed by atoms with Crippen molar-refractivity contribution >= 4 is 79.7 Å². The molecule has 0 saturated heterocycles. The van der Waals surface area contributed by atoms with Gasteiger partial charge in [0.05, 0.1) is 40.8 Å². The van der Waals surface area contributed by atoms with Crippen molar-refractivity contribution in [3.63, 3.8) is 0 Å². The summed E-state index contributed by atoms with van der Waals surface area (Å²) < 4.78 is 50.5. The second-order valence-corrected chi connectivity index (χ2v) is 17.0. The molecule has 12 nitrogen and oxygen atoms in total. The van der Waals surface area contributed by atoms with Gasteiger partial charge in [0.15, 0.2) is 5.75 Å². The minimum absolute atomic E-state index is 0.162. The van der Waals surface area contributed by atoms with Crippen LogP contribution in [0.5, 0.6) is 17.2 Å². The Kier molecular flexibility index (Phi) is 10.4. The maximum absolute atomic E-state index is 13.4. The van der Waals surface area contributed by atoms with Crippen molar-refractivity contribution in [2.24, 2.45) is 0 Å². The fraction of sp³-hybridized carbons (Fsp3) is 0.200. The van der Waals surface area contributed by atoms with Crippen LogP contribution < -0.4 is 35.5 Å². The number of carbonyl (C=O) groups is 1. The van der Waals surface area contributed by atoms with E-state index in [2.05, 4.69) is 25.7 Å². The molecule has 1 heterocycles. The van der Waals surface area contributed by atoms with Gasteiger partial charge in [-0.2, -0.15) is 0 Å². The molecule has 4 aromatic carbocycles. The molecule has 5 aromatic rings. The van der Waals surface area contributed by atoms with Gasteiger partial charge >= 0.3 is 6.03 Å². The largest absolute Gasteiger partial charge is 0.492 e. The van der Waals surface area contributed by atoms with Crippen LogP contribution in [0, 0.1) is 0 Å². The standard InChI is InChI=1S/C35H37ClN5O7PS/c1-35(2,3)21-17-28(33(47-4)29(18-21)41-50(6,45)46)40-34(42)39-27-12-13-30(25-10-8-7-9-24(25)27)48-23-15-16-37-32(20-23)38-22-11-14-31(26(36)19-22)49(5,43)44/h7-20,41H,1-6H3,(H,37,38)(H,43,44)(H2,39,40,42). The molecule has 0 aliphatic rings. The van der Waals surface area contributed by atoms with Crippen LogP contribution in [0.3, 0.4) is 0 Å². The maximum Gasteiger partial charge on any atom is 0.323 e. The van der Waals surface area contributed by atoms with E-state index < -0.39 is 23.4 Å². The number of urea groups is 1. The number of ether oxygens (including phenoxy) is 2. The molecule has 2 amide bonds. The minimum Gasteiger partial charge on any atom is -0.492 e. The molecule has 0 saturated carbocycles. The van der Waals surface area contributed by atoms with E-state index in [0.29, 0.717) is 34.1 Å². The summed E-state index contributed by atoms with van der Waals surface area (Å²) in [5.41, 5.74) is 1.97. The Labute approximate surface area is 295 Å². The maximum atomic E-state index is 13.4. The minimum atomic E-state index is -3.64. The molecule has 262 valence electrons. The summed E-state index contributed by atoms with van der Waals surface area (Å²) in [6.45, 7) is 7.15. The number of anilines is 5. The van der Waals surface area contributed by atoms with E-state index in [4.69, 9.17) is 21.1 Å². The van der Waals surface area contributed by atoms with Gasteiger partial charge in [0, 0.05) is 35.4 Å². The molecule has 0 radical (unpaired) electrons. The van der Waals surface area contributed by atoms with Crippen molar-refractivity contribution in [3.05, 3.63) is 95.6 Å². The van der Waals surface area contributed by atoms with Gasteiger partial charge in [0.2, 0.25) is 17.4 Å². The van der Waals surface area contributed by atoms with Crippen LogP contribution in [0.1, 0.15) is 26.3 Å². The number of halogens is 1. The number of benzene rings is 4. The number of pyridine rings is 1. The molecular weight excluding hydrogens is 701 g/mol. The van der Waals surface area contributed by atoms with Gasteiger partial charge in [-0.05, 0) is 59.5 Å². The van der Waals surface area contributed by atoms with Gasteiger partial charge in [0.25, 0.3) is 0 Å². The van der Waals surface area contributed by atoms with Crippen molar-refractivity contribution in [2.75, 3.05) is 40.7 Å². The normalized spacial score (nSPS) is 12.9. The van der Waals surface area contributed by atoms with E-state index in [1.165, 1.54) is 19.8 Å². The second kappa shape index (κ2) is 14.2. The lowest BCUT2D eigenvalue weighted by Gasteiger charge is -2.24. The Morgan fingerprint density at radius 1 is 0.920 bits per heavy atom. The monoisotopic (exact) mass is 737 g/mol. The van der Waals surface area contributed by atoms with Gasteiger partial charge in [-0.3, -0.25) is 9.29 Å². The number of nitrogens with one attached hydrogen (secondary N) is 4. The highest BCUT2D eigenvalue weighted by atomic mass is 35.5. The number of sulfonamides is 1. The summed E-state index contributed by atoms with van der Waals surface area (Å²) in [5, 5.41) is 10.6. The van der Waals surface area contributed by atoms with Crippen molar-refractivity contribution < 1.29 is 32.1 Å². The molecule has 1 unspecified atom stereocenters. The summed E-state index contributed by atoms with van der Waals surface area (Å²) in [6, 6.07) is 21.8. The molecule has 0 fully saturated rings. The topological polar surface area (TPSA) is 168 Å². The summed E-state index contributed by atoms with van der Waals surface area (Å²) >= 11 is 6.25. The molecular formula is C35H37ClN5O7PS. The van der Waals surface area contributed by atoms with Crippen LogP contribution in [0.4, 0.5) is 33.4 Å². The lowest BCUT2D eigenvalue weighted by atomic mass is 9.86. The molecule has 0 spiro atoms. The summed E-state index contributed by atoms with van der Waals surface area (Å²) in [6.07, 6.45) is 2.62. The van der Waals surface area contributed by atoms with E-state index in [1.807, 2.05) is 45.0 Å². The third kappa shape index (κ3) is 8.85. The van der Waals surface area contributed by atoms with E-state index in [-0.39, 0.29) is 32.9 Å². The van der Waals surface area contributed by atoms with Crippen LogP contribution in [0.25, 0.3) is 10.8 Å². The van der Waals surface area contributed by atoms with Gasteiger partial charge in [-0.25, -0.2) is 18.2 Å². The first-order valence-electron chi connectivity index (χ1n) is 15.2. The molecule has 5 N–H and O–H groups in total. The molecule has 0 aliphatic heterocycles. The average molecular weight is 738 g/mol. The van der Waals surface area contributed by atoms with Crippen LogP contribution in [-0.2, 0) is 20.0 Å². The number of methoxy groups -OCH3 is 1. The van der Waals surface area contributed by atoms with Gasteiger partial charge in [-0.15, -0.1) is 0 Å². The molecule has 5 rings (SSSR count). The molecule has 1 atom stereocenters. The number of aromatic nitrogens is 1. The van der Waals surface area contributed by atoms with Crippen molar-refractivity contribution in [1.29, 1.82) is 0 Å². The second-order valence-electron chi connectivity index (χ2n) is 12.6. The first kappa shape index (κ1) is 36.5. The number of amides is 2. The van der Waals surface area contributed by atoms with Crippen LogP contribution in [-0.4, -0.2) is 44.4 Å². The summed E-state index contributed by atoms with van der Waals surface area (Å²) in [5.74, 6) is 1.62. The van der Waals surface area contributed by atoms with Crippen LogP contribution in [0.2, 0.25) is 5.02 Å². The fourth-order valence-corrected chi connectivity index (χ4v) is 7.15. The Morgan fingerprint density at radius 2 is 1.60 bits per heavy atom. The third-order valence-electron chi connectivity index (χ3n) is 7.46. The zero-order valence-electron chi connectivity index (χ0n) is 28.2. The van der Waals surface area contributed by atoms with E-state index >= 15 is 0 Å². The van der Waals surface area contributed by atoms with Gasteiger partial charge in [-0.1, -0.05) is 56.6 Å². The molecule has 0 aliphatic carbocycles. The van der Waals surface area contributed by atoms with Crippen LogP contribution in [0.15, 0.2) is 85.1 Å². The lowest BCUT2D eigenvalue weighted by Crippen LogP contribution is -2.22. The Hall–Kier alpha value is -4.81. The zero-order chi connectivity index (χ0) is 36.4. The molecule has 15 heteroatoms. The van der Waals surface area contributed by atoms with Crippen molar-refractivity contribution in [3.8, 4) is 17.2 Å².